The first-order valence-electron chi connectivity index (χ1n) is 7.45. The van der Waals surface area contributed by atoms with E-state index in [-0.39, 0.29) is 31.3 Å². The Labute approximate surface area is 157 Å². The summed E-state index contributed by atoms with van der Waals surface area (Å²) in [5.74, 6) is -0.737. The monoisotopic (exact) mass is 382 g/mol. The van der Waals surface area contributed by atoms with E-state index in [1.54, 1.807) is 0 Å². The number of ether oxygens (including phenoxy) is 1. The number of hydrogen-bond donors (Lipinski definition) is 2. The third kappa shape index (κ3) is 6.05. The first-order valence-corrected chi connectivity index (χ1v) is 7.83. The predicted molar refractivity (Wildman–Crippen MR) is 101 cm³/mol. The molecule has 25 heavy (non-hydrogen) atoms. The summed E-state index contributed by atoms with van der Waals surface area (Å²) >= 11 is 6.01. The number of carbonyl (C=O) groups excluding carboxylic acids is 2. The smallest absolute Gasteiger partial charge is 0.307 e. The minimum absolute atomic E-state index is 0. The lowest BCUT2D eigenvalue weighted by molar-refractivity contribution is -0.141. The van der Waals surface area contributed by atoms with Gasteiger partial charge in [0, 0.05) is 5.02 Å². The van der Waals surface area contributed by atoms with E-state index < -0.39 is 12.0 Å². The Hall–Kier alpha value is -2.08. The number of nitrogens with two attached hydrogens (primary N) is 1. The highest BCUT2D eigenvalue weighted by atomic mass is 35.5. The fraction of sp³-hybridized carbons (Fsp3) is 0.222. The van der Waals surface area contributed by atoms with E-state index in [1.807, 2.05) is 48.5 Å². The van der Waals surface area contributed by atoms with Crippen molar-refractivity contribution in [1.29, 1.82) is 0 Å². The molecular formula is C18H20Cl2N2O3. The van der Waals surface area contributed by atoms with Gasteiger partial charge in [0.15, 0.2) is 0 Å². The fourth-order valence-corrected chi connectivity index (χ4v) is 2.52. The van der Waals surface area contributed by atoms with E-state index in [9.17, 15) is 9.59 Å². The van der Waals surface area contributed by atoms with Crippen LogP contribution in [0.4, 0.5) is 0 Å². The average molecular weight is 383 g/mol. The molecule has 0 bridgehead atoms. The minimum atomic E-state index is -0.484. The number of rotatable bonds is 6. The number of hydrogen-bond acceptors (Lipinski definition) is 4. The van der Waals surface area contributed by atoms with E-state index in [4.69, 9.17) is 17.3 Å². The maximum atomic E-state index is 11.6. The number of benzene rings is 2. The topological polar surface area (TPSA) is 81.4 Å². The van der Waals surface area contributed by atoms with Crippen molar-refractivity contribution in [3.05, 3.63) is 59.1 Å². The van der Waals surface area contributed by atoms with Crippen molar-refractivity contribution in [3.63, 3.8) is 0 Å². The molecular weight excluding hydrogens is 363 g/mol. The van der Waals surface area contributed by atoms with Crippen LogP contribution in [0.5, 0.6) is 0 Å². The molecule has 0 saturated carbocycles. The number of esters is 1. The molecule has 134 valence electrons. The van der Waals surface area contributed by atoms with E-state index in [0.717, 1.165) is 16.7 Å². The van der Waals surface area contributed by atoms with Crippen LogP contribution in [0, 0.1) is 0 Å². The van der Waals surface area contributed by atoms with Gasteiger partial charge in [0.1, 0.15) is 0 Å². The molecule has 0 aromatic heterocycles. The fourth-order valence-electron chi connectivity index (χ4n) is 2.33. The van der Waals surface area contributed by atoms with Crippen LogP contribution in [0.15, 0.2) is 48.5 Å². The molecule has 0 aliphatic carbocycles. The summed E-state index contributed by atoms with van der Waals surface area (Å²) in [7, 11) is 1.31. The maximum absolute atomic E-state index is 11.6. The Bertz CT molecular complexity index is 703. The molecule has 0 fully saturated rings. The van der Waals surface area contributed by atoms with E-state index in [1.165, 1.54) is 7.11 Å². The van der Waals surface area contributed by atoms with Crippen LogP contribution < -0.4 is 11.1 Å². The molecule has 0 radical (unpaired) electrons. The van der Waals surface area contributed by atoms with Crippen molar-refractivity contribution in [1.82, 2.24) is 5.32 Å². The van der Waals surface area contributed by atoms with Gasteiger partial charge >= 0.3 is 5.97 Å². The van der Waals surface area contributed by atoms with Crippen LogP contribution in [0.2, 0.25) is 5.02 Å². The lowest BCUT2D eigenvalue weighted by Gasteiger charge is -2.18. The highest BCUT2D eigenvalue weighted by Gasteiger charge is 2.18. The van der Waals surface area contributed by atoms with E-state index in [0.29, 0.717) is 5.02 Å². The first kappa shape index (κ1) is 21.0. The Kier molecular flexibility index (Phi) is 8.41. The molecule has 0 heterocycles. The quantitative estimate of drug-likeness (QED) is 0.751. The van der Waals surface area contributed by atoms with Crippen LogP contribution in [-0.2, 0) is 14.3 Å². The van der Waals surface area contributed by atoms with E-state index >= 15 is 0 Å². The van der Waals surface area contributed by atoms with Gasteiger partial charge in [-0.25, -0.2) is 0 Å². The molecule has 7 heteroatoms. The minimum Gasteiger partial charge on any atom is -0.469 e. The molecule has 0 aliphatic rings. The van der Waals surface area contributed by atoms with Crippen molar-refractivity contribution in [3.8, 4) is 11.1 Å². The van der Waals surface area contributed by atoms with Crippen molar-refractivity contribution >= 4 is 35.9 Å². The molecule has 1 amide bonds. The third-order valence-corrected chi connectivity index (χ3v) is 3.83. The van der Waals surface area contributed by atoms with Gasteiger partial charge in [0.05, 0.1) is 26.1 Å². The molecule has 3 N–H and O–H groups in total. The number of methoxy groups -OCH3 is 1. The number of amides is 1. The summed E-state index contributed by atoms with van der Waals surface area (Å²) in [6.07, 6.45) is 0.0404. The number of halogens is 2. The van der Waals surface area contributed by atoms with Gasteiger partial charge in [-0.3, -0.25) is 9.59 Å². The van der Waals surface area contributed by atoms with Crippen LogP contribution in [-0.4, -0.2) is 25.5 Å². The molecule has 5 nitrogen and oxygen atoms in total. The molecule has 1 atom stereocenters. The van der Waals surface area contributed by atoms with Crippen LogP contribution >= 0.6 is 24.0 Å². The van der Waals surface area contributed by atoms with Crippen molar-refractivity contribution < 1.29 is 14.3 Å². The van der Waals surface area contributed by atoms with Crippen LogP contribution in [0.25, 0.3) is 11.1 Å². The molecule has 0 saturated heterocycles. The SMILES string of the molecule is COC(=O)CC(NC(=O)CN)c1ccc(-c2cccc(Cl)c2)cc1.Cl. The molecule has 0 aliphatic heterocycles. The lowest BCUT2D eigenvalue weighted by atomic mass is 9.99. The van der Waals surface area contributed by atoms with E-state index in [2.05, 4.69) is 10.1 Å². The second-order valence-corrected chi connectivity index (χ2v) is 5.67. The Morgan fingerprint density at radius 3 is 2.40 bits per heavy atom. The van der Waals surface area contributed by atoms with Gasteiger partial charge in [0.25, 0.3) is 0 Å². The van der Waals surface area contributed by atoms with Crippen molar-refractivity contribution in [2.24, 2.45) is 5.73 Å². The standard InChI is InChI=1S/C18H19ClN2O3.ClH/c1-24-18(23)10-16(21-17(22)11-20)13-7-5-12(6-8-13)14-3-2-4-15(19)9-14;/h2-9,16H,10-11,20H2,1H3,(H,21,22);1H. The molecule has 0 spiro atoms. The van der Waals surface area contributed by atoms with Gasteiger partial charge < -0.3 is 15.8 Å². The van der Waals surface area contributed by atoms with Crippen molar-refractivity contribution in [2.75, 3.05) is 13.7 Å². The average Bonchev–Trinajstić information content (AvgIpc) is 2.61. The largest absolute Gasteiger partial charge is 0.469 e. The Balaban J connectivity index is 0.00000312. The highest BCUT2D eigenvalue weighted by molar-refractivity contribution is 6.30. The predicted octanol–water partition coefficient (Wildman–Crippen LogP) is 3.11. The first-order chi connectivity index (χ1) is 11.5. The third-order valence-electron chi connectivity index (χ3n) is 3.59. The second-order valence-electron chi connectivity index (χ2n) is 5.24. The summed E-state index contributed by atoms with van der Waals surface area (Å²) < 4.78 is 4.69. The Morgan fingerprint density at radius 2 is 1.84 bits per heavy atom. The van der Waals surface area contributed by atoms with Crippen molar-refractivity contribution in [2.45, 2.75) is 12.5 Å². The van der Waals surface area contributed by atoms with Crippen LogP contribution in [0.1, 0.15) is 18.0 Å². The molecule has 2 aromatic rings. The summed E-state index contributed by atoms with van der Waals surface area (Å²) in [5.41, 5.74) is 8.11. The molecule has 2 aromatic carbocycles. The van der Waals surface area contributed by atoms with Gasteiger partial charge in [0.2, 0.25) is 5.91 Å². The Morgan fingerprint density at radius 1 is 1.16 bits per heavy atom. The zero-order chi connectivity index (χ0) is 17.5. The van der Waals surface area contributed by atoms with Gasteiger partial charge in [-0.05, 0) is 28.8 Å². The maximum Gasteiger partial charge on any atom is 0.307 e. The summed E-state index contributed by atoms with van der Waals surface area (Å²) in [6.45, 7) is -0.141. The van der Waals surface area contributed by atoms with Gasteiger partial charge in [-0.2, -0.15) is 0 Å². The zero-order valence-electron chi connectivity index (χ0n) is 13.7. The lowest BCUT2D eigenvalue weighted by Crippen LogP contribution is -2.35. The summed E-state index contributed by atoms with van der Waals surface area (Å²) in [6, 6.07) is 14.6. The van der Waals surface area contributed by atoms with Gasteiger partial charge in [-0.15, -0.1) is 12.4 Å². The summed E-state index contributed by atoms with van der Waals surface area (Å²) in [5, 5.41) is 3.39. The van der Waals surface area contributed by atoms with Crippen LogP contribution in [0.3, 0.4) is 0 Å². The summed E-state index contributed by atoms with van der Waals surface area (Å²) in [4.78, 5) is 23.2. The highest BCUT2D eigenvalue weighted by Crippen LogP contribution is 2.25. The number of nitrogens with one attached hydrogen (secondary N) is 1. The molecule has 2 rings (SSSR count). The number of carbonyl (C=O) groups is 2. The zero-order valence-corrected chi connectivity index (χ0v) is 15.3. The van der Waals surface area contributed by atoms with Gasteiger partial charge in [-0.1, -0.05) is 48.0 Å². The molecule has 1 unspecified atom stereocenters. The normalized spacial score (nSPS) is 11.2. The second kappa shape index (κ2) is 10.0.